The van der Waals surface area contributed by atoms with E-state index in [0.717, 1.165) is 30.4 Å². The summed E-state index contributed by atoms with van der Waals surface area (Å²) in [6.07, 6.45) is 5.00. The third-order valence-electron chi connectivity index (χ3n) is 4.08. The fourth-order valence-corrected chi connectivity index (χ4v) is 4.16. The van der Waals surface area contributed by atoms with Crippen LogP contribution in [0, 0.1) is 17.8 Å². The van der Waals surface area contributed by atoms with Crippen molar-refractivity contribution in [1.29, 1.82) is 0 Å². The van der Waals surface area contributed by atoms with Crippen LogP contribution in [0.5, 0.6) is 0 Å². The molecule has 3 atom stereocenters. The average molecular weight is 271 g/mol. The second-order valence-electron chi connectivity index (χ2n) is 6.44. The van der Waals surface area contributed by atoms with Gasteiger partial charge >= 0.3 is 0 Å². The third kappa shape index (κ3) is 3.89. The molecule has 2 saturated carbocycles. The smallest absolute Gasteiger partial charge is 0.223 e. The van der Waals surface area contributed by atoms with Crippen molar-refractivity contribution in [2.45, 2.75) is 45.1 Å². The van der Waals surface area contributed by atoms with Crippen molar-refractivity contribution >= 4 is 17.7 Å². The summed E-state index contributed by atoms with van der Waals surface area (Å²) in [6, 6.07) is 0. The van der Waals surface area contributed by atoms with E-state index in [9.17, 15) is 9.90 Å². The monoisotopic (exact) mass is 271 g/mol. The number of aliphatic hydroxyl groups is 1. The second-order valence-corrected chi connectivity index (χ2v) is 7.54. The van der Waals surface area contributed by atoms with Gasteiger partial charge in [0.05, 0.1) is 5.60 Å². The molecule has 2 fully saturated rings. The summed E-state index contributed by atoms with van der Waals surface area (Å²) in [7, 11) is 0. The van der Waals surface area contributed by atoms with E-state index in [1.54, 1.807) is 11.8 Å². The molecule has 2 rings (SSSR count). The van der Waals surface area contributed by atoms with Crippen molar-refractivity contribution in [3.05, 3.63) is 0 Å². The number of amides is 1. The predicted octanol–water partition coefficient (Wildman–Crippen LogP) is 2.04. The Kier molecular flexibility index (Phi) is 4.59. The molecule has 2 aliphatic carbocycles. The summed E-state index contributed by atoms with van der Waals surface area (Å²) in [4.78, 5) is 12.0. The van der Waals surface area contributed by atoms with Crippen LogP contribution >= 0.6 is 11.8 Å². The van der Waals surface area contributed by atoms with E-state index in [1.807, 2.05) is 13.8 Å². The van der Waals surface area contributed by atoms with Gasteiger partial charge in [0.15, 0.2) is 0 Å². The van der Waals surface area contributed by atoms with Crippen molar-refractivity contribution in [3.63, 3.8) is 0 Å². The maximum Gasteiger partial charge on any atom is 0.223 e. The zero-order chi connectivity index (χ0) is 13.2. The molecule has 0 spiro atoms. The number of nitrogens with one attached hydrogen (secondary N) is 1. The van der Waals surface area contributed by atoms with Crippen molar-refractivity contribution in [3.8, 4) is 0 Å². The van der Waals surface area contributed by atoms with Gasteiger partial charge in [-0.05, 0) is 44.9 Å². The highest BCUT2D eigenvalue weighted by Gasteiger charge is 2.42. The molecule has 4 heteroatoms. The highest BCUT2D eigenvalue weighted by molar-refractivity contribution is 7.99. The molecule has 1 amide bonds. The standard InChI is InChI=1S/C14H25NO2S/c1-14(2,17)9-18-6-5-15-13(16)12-8-10-3-4-11(12)7-10/h10-12,17H,3-9H2,1-2H3,(H,15,16). The summed E-state index contributed by atoms with van der Waals surface area (Å²) in [5, 5.41) is 12.6. The lowest BCUT2D eigenvalue weighted by Crippen LogP contribution is -2.35. The van der Waals surface area contributed by atoms with Crippen LogP contribution in [0.4, 0.5) is 0 Å². The summed E-state index contributed by atoms with van der Waals surface area (Å²) in [5.41, 5.74) is -0.612. The number of hydrogen-bond donors (Lipinski definition) is 2. The summed E-state index contributed by atoms with van der Waals surface area (Å²) >= 11 is 1.70. The molecule has 18 heavy (non-hydrogen) atoms. The SMILES string of the molecule is CC(C)(O)CSCCNC(=O)C1CC2CCC1C2. The van der Waals surface area contributed by atoms with Crippen molar-refractivity contribution in [2.24, 2.45) is 17.8 Å². The molecule has 0 aromatic carbocycles. The lowest BCUT2D eigenvalue weighted by molar-refractivity contribution is -0.126. The second kappa shape index (κ2) is 5.83. The average Bonchev–Trinajstić information content (AvgIpc) is 2.88. The van der Waals surface area contributed by atoms with Gasteiger partial charge in [-0.15, -0.1) is 0 Å². The minimum absolute atomic E-state index is 0.269. The zero-order valence-electron chi connectivity index (χ0n) is 11.4. The Labute approximate surface area is 114 Å². The van der Waals surface area contributed by atoms with E-state index in [0.29, 0.717) is 11.8 Å². The van der Waals surface area contributed by atoms with Crippen molar-refractivity contribution < 1.29 is 9.90 Å². The molecule has 0 heterocycles. The van der Waals surface area contributed by atoms with E-state index in [4.69, 9.17) is 0 Å². The van der Waals surface area contributed by atoms with Gasteiger partial charge in [0, 0.05) is 24.0 Å². The summed E-state index contributed by atoms with van der Waals surface area (Å²) in [6.45, 7) is 4.36. The Balaban J connectivity index is 1.58. The zero-order valence-corrected chi connectivity index (χ0v) is 12.3. The quantitative estimate of drug-likeness (QED) is 0.727. The molecule has 0 aromatic heterocycles. The summed E-state index contributed by atoms with van der Waals surface area (Å²) in [5.74, 6) is 3.66. The molecule has 2 bridgehead atoms. The Morgan fingerprint density at radius 1 is 1.39 bits per heavy atom. The highest BCUT2D eigenvalue weighted by atomic mass is 32.2. The first-order valence-corrected chi connectivity index (χ1v) is 8.19. The third-order valence-corrected chi connectivity index (χ3v) is 5.48. The van der Waals surface area contributed by atoms with Crippen LogP contribution in [0.1, 0.15) is 39.5 Å². The first-order valence-electron chi connectivity index (χ1n) is 7.03. The first-order chi connectivity index (χ1) is 8.46. The van der Waals surface area contributed by atoms with Gasteiger partial charge in [0.2, 0.25) is 5.91 Å². The fraction of sp³-hybridized carbons (Fsp3) is 0.929. The molecule has 2 aliphatic rings. The molecular formula is C14H25NO2S. The number of rotatable bonds is 6. The van der Waals surface area contributed by atoms with Gasteiger partial charge in [0.1, 0.15) is 0 Å². The predicted molar refractivity (Wildman–Crippen MR) is 75.6 cm³/mol. The van der Waals surface area contributed by atoms with Gasteiger partial charge in [-0.25, -0.2) is 0 Å². The topological polar surface area (TPSA) is 49.3 Å². The van der Waals surface area contributed by atoms with E-state index in [1.165, 1.54) is 19.3 Å². The molecule has 3 nitrogen and oxygen atoms in total. The number of carbonyl (C=O) groups excluding carboxylic acids is 1. The highest BCUT2D eigenvalue weighted by Crippen LogP contribution is 2.48. The number of hydrogen-bond acceptors (Lipinski definition) is 3. The molecular weight excluding hydrogens is 246 g/mol. The number of carbonyl (C=O) groups is 1. The minimum Gasteiger partial charge on any atom is -0.390 e. The van der Waals surface area contributed by atoms with Crippen LogP contribution in [0.2, 0.25) is 0 Å². The van der Waals surface area contributed by atoms with Crippen LogP contribution in [-0.2, 0) is 4.79 Å². The van der Waals surface area contributed by atoms with Gasteiger partial charge in [-0.3, -0.25) is 4.79 Å². The Morgan fingerprint density at radius 3 is 2.72 bits per heavy atom. The molecule has 3 unspecified atom stereocenters. The van der Waals surface area contributed by atoms with Crippen LogP contribution < -0.4 is 5.32 Å². The van der Waals surface area contributed by atoms with Gasteiger partial charge < -0.3 is 10.4 Å². The van der Waals surface area contributed by atoms with Crippen molar-refractivity contribution in [2.75, 3.05) is 18.1 Å². The lowest BCUT2D eigenvalue weighted by Gasteiger charge is -2.21. The number of fused-ring (bicyclic) bond motifs is 2. The molecule has 2 N–H and O–H groups in total. The van der Waals surface area contributed by atoms with Crippen LogP contribution in [-0.4, -0.2) is 34.7 Å². The van der Waals surface area contributed by atoms with E-state index in [-0.39, 0.29) is 5.91 Å². The van der Waals surface area contributed by atoms with E-state index >= 15 is 0 Å². The van der Waals surface area contributed by atoms with Gasteiger partial charge in [-0.2, -0.15) is 11.8 Å². The van der Waals surface area contributed by atoms with Crippen LogP contribution in [0.3, 0.4) is 0 Å². The lowest BCUT2D eigenvalue weighted by atomic mass is 9.88. The van der Waals surface area contributed by atoms with Crippen LogP contribution in [0.15, 0.2) is 0 Å². The first kappa shape index (κ1) is 14.2. The Morgan fingerprint density at radius 2 is 2.17 bits per heavy atom. The Hall–Kier alpha value is -0.220. The molecule has 0 aromatic rings. The minimum atomic E-state index is -0.612. The van der Waals surface area contributed by atoms with E-state index < -0.39 is 5.60 Å². The Bertz CT molecular complexity index is 301. The molecule has 0 radical (unpaired) electrons. The van der Waals surface area contributed by atoms with Crippen LogP contribution in [0.25, 0.3) is 0 Å². The van der Waals surface area contributed by atoms with Crippen molar-refractivity contribution in [1.82, 2.24) is 5.32 Å². The fourth-order valence-electron chi connectivity index (χ4n) is 3.27. The summed E-state index contributed by atoms with van der Waals surface area (Å²) < 4.78 is 0. The largest absolute Gasteiger partial charge is 0.390 e. The van der Waals surface area contributed by atoms with Gasteiger partial charge in [-0.1, -0.05) is 6.42 Å². The molecule has 0 saturated heterocycles. The molecule has 104 valence electrons. The maximum atomic E-state index is 12.0. The van der Waals surface area contributed by atoms with E-state index in [2.05, 4.69) is 5.32 Å². The number of thioether (sulfide) groups is 1. The molecule has 0 aliphatic heterocycles. The maximum absolute atomic E-state index is 12.0. The normalized spacial score (nSPS) is 30.7. The van der Waals surface area contributed by atoms with Gasteiger partial charge in [0.25, 0.3) is 0 Å².